The summed E-state index contributed by atoms with van der Waals surface area (Å²) in [5.74, 6) is 0.115. The van der Waals surface area contributed by atoms with Gasteiger partial charge in [0, 0.05) is 19.0 Å². The van der Waals surface area contributed by atoms with Crippen LogP contribution >= 0.6 is 20.2 Å². The summed E-state index contributed by atoms with van der Waals surface area (Å²) in [4.78, 5) is 10.5. The van der Waals surface area contributed by atoms with Crippen LogP contribution in [0.3, 0.4) is 0 Å². The van der Waals surface area contributed by atoms with E-state index in [0.29, 0.717) is 0 Å². The number of hydrogen-bond acceptors (Lipinski definition) is 9. The smallest absolute Gasteiger partial charge is 0.407 e. The second-order valence-corrected chi connectivity index (χ2v) is 10.0. The van der Waals surface area contributed by atoms with E-state index in [1.54, 1.807) is 34.6 Å². The molecule has 154 valence electrons. The van der Waals surface area contributed by atoms with Crippen LogP contribution in [0.2, 0.25) is 0 Å². The number of carbonyl (C=O) groups excluding carboxylic acids is 1. The van der Waals surface area contributed by atoms with Crippen LogP contribution in [-0.4, -0.2) is 62.8 Å². The van der Waals surface area contributed by atoms with Crippen LogP contribution in [0.1, 0.15) is 34.6 Å². The summed E-state index contributed by atoms with van der Waals surface area (Å²) in [6.07, 6.45) is 0.185. The van der Waals surface area contributed by atoms with E-state index in [0.717, 1.165) is 18.0 Å². The third kappa shape index (κ3) is 12.0. The van der Waals surface area contributed by atoms with Gasteiger partial charge in [-0.05, 0) is 34.6 Å². The van der Waals surface area contributed by atoms with Crippen molar-refractivity contribution < 1.29 is 36.2 Å². The minimum absolute atomic E-state index is 0.115. The molecule has 1 N–H and O–H groups in total. The van der Waals surface area contributed by atoms with Crippen molar-refractivity contribution in [2.45, 2.75) is 51.1 Å². The molecule has 0 aliphatic carbocycles. The standard InChI is InChI=1S/C14H28NO8PS2/c1-7-20-14(24-17,21-8-2)25-10-11(9-22-26(6,18)19)15-12(16)23-13(3,4)5/h11H,7-10H2,1-6H3,(H,15,16). The zero-order valence-corrected chi connectivity index (χ0v) is 18.5. The Morgan fingerprint density at radius 3 is 2.12 bits per heavy atom. The Morgan fingerprint density at radius 1 is 1.19 bits per heavy atom. The molecule has 1 amide bonds. The van der Waals surface area contributed by atoms with Gasteiger partial charge in [-0.15, -0.1) is 0 Å². The lowest BCUT2D eigenvalue weighted by atomic mass is 10.2. The second-order valence-electron chi connectivity index (χ2n) is 6.12. The zero-order chi connectivity index (χ0) is 20.4. The summed E-state index contributed by atoms with van der Waals surface area (Å²) < 4.78 is 54.8. The maximum Gasteiger partial charge on any atom is 0.407 e. The summed E-state index contributed by atoms with van der Waals surface area (Å²) in [6, 6.07) is -0.744. The van der Waals surface area contributed by atoms with Gasteiger partial charge in [0.15, 0.2) is 0 Å². The van der Waals surface area contributed by atoms with Crippen LogP contribution < -0.4 is 5.32 Å². The van der Waals surface area contributed by atoms with Crippen LogP contribution in [0, 0.1) is 0 Å². The van der Waals surface area contributed by atoms with Crippen LogP contribution in [0.15, 0.2) is 0 Å². The minimum atomic E-state index is -3.70. The van der Waals surface area contributed by atoms with Crippen LogP contribution in [0.25, 0.3) is 0 Å². The Labute approximate surface area is 161 Å². The molecule has 0 aromatic heterocycles. The molecule has 0 aliphatic heterocycles. The highest BCUT2D eigenvalue weighted by Gasteiger charge is 2.35. The van der Waals surface area contributed by atoms with E-state index in [4.69, 9.17) is 18.4 Å². The summed E-state index contributed by atoms with van der Waals surface area (Å²) in [5.41, 5.74) is -0.715. The highest BCUT2D eigenvalue weighted by Crippen LogP contribution is 2.39. The molecule has 12 heteroatoms. The molecule has 0 radical (unpaired) electrons. The number of hydrogen-bond donors (Lipinski definition) is 1. The lowest BCUT2D eigenvalue weighted by molar-refractivity contribution is -0.105. The quantitative estimate of drug-likeness (QED) is 0.281. The molecule has 1 atom stereocenters. The van der Waals surface area contributed by atoms with Crippen molar-refractivity contribution in [2.24, 2.45) is 0 Å². The highest BCUT2D eigenvalue weighted by atomic mass is 32.2. The lowest BCUT2D eigenvalue weighted by Gasteiger charge is -2.28. The fourth-order valence-electron chi connectivity index (χ4n) is 1.59. The molecule has 0 saturated carbocycles. The molecule has 26 heavy (non-hydrogen) atoms. The van der Waals surface area contributed by atoms with E-state index in [-0.39, 0.29) is 25.6 Å². The van der Waals surface area contributed by atoms with Gasteiger partial charge in [-0.3, -0.25) is 8.75 Å². The summed E-state index contributed by atoms with van der Waals surface area (Å²) in [6.45, 7) is 8.76. The van der Waals surface area contributed by atoms with Crippen molar-refractivity contribution in [3.8, 4) is 0 Å². The Hall–Kier alpha value is -0.450. The topological polar surface area (TPSA) is 117 Å². The van der Waals surface area contributed by atoms with Gasteiger partial charge >= 0.3 is 11.0 Å². The SMILES string of the molecule is CCOC(OCC)(P=O)SCC(COS(C)(=O)=O)NC(=O)OC(C)(C)C. The molecule has 9 nitrogen and oxygen atoms in total. The summed E-state index contributed by atoms with van der Waals surface area (Å²) in [5, 5.41) is 2.54. The van der Waals surface area contributed by atoms with Gasteiger partial charge in [0.05, 0.1) is 18.9 Å². The van der Waals surface area contributed by atoms with Gasteiger partial charge < -0.3 is 19.5 Å². The first-order valence-electron chi connectivity index (χ1n) is 7.96. The van der Waals surface area contributed by atoms with Gasteiger partial charge in [0.1, 0.15) is 5.60 Å². The third-order valence-corrected chi connectivity index (χ3v) is 5.26. The van der Waals surface area contributed by atoms with Crippen LogP contribution in [0.4, 0.5) is 4.79 Å². The molecule has 0 aromatic carbocycles. The van der Waals surface area contributed by atoms with Gasteiger partial charge in [-0.25, -0.2) is 4.79 Å². The Bertz CT molecular complexity index is 544. The fraction of sp³-hybridized carbons (Fsp3) is 0.929. The molecule has 0 rings (SSSR count). The van der Waals surface area contributed by atoms with Crippen molar-refractivity contribution in [2.75, 3.05) is 31.8 Å². The van der Waals surface area contributed by atoms with E-state index in [1.165, 1.54) is 0 Å². The molecule has 0 spiro atoms. The normalized spacial score (nSPS) is 14.2. The molecular formula is C14H28NO8PS2. The first-order valence-corrected chi connectivity index (χ1v) is 11.6. The summed E-state index contributed by atoms with van der Waals surface area (Å²) in [7, 11) is -4.10. The average Bonchev–Trinajstić information content (AvgIpc) is 2.47. The number of amides is 1. The van der Waals surface area contributed by atoms with Gasteiger partial charge in [0.2, 0.25) is 8.46 Å². The number of ether oxygens (including phenoxy) is 3. The number of carbonyl (C=O) groups is 1. The number of thioether (sulfide) groups is 1. The van der Waals surface area contributed by atoms with Crippen molar-refractivity contribution in [3.05, 3.63) is 0 Å². The van der Waals surface area contributed by atoms with Crippen LogP contribution in [-0.2, 0) is 33.1 Å². The maximum atomic E-state index is 12.0. The van der Waals surface area contributed by atoms with E-state index < -0.39 is 41.2 Å². The van der Waals surface area contributed by atoms with E-state index in [2.05, 4.69) is 5.32 Å². The van der Waals surface area contributed by atoms with Gasteiger partial charge in [-0.1, -0.05) is 11.8 Å². The molecule has 0 aromatic rings. The fourth-order valence-corrected chi connectivity index (χ4v) is 3.79. The first kappa shape index (κ1) is 25.6. The molecule has 0 aliphatic rings. The number of alkyl carbamates (subject to hydrolysis) is 1. The monoisotopic (exact) mass is 433 g/mol. The number of rotatable bonds is 12. The predicted octanol–water partition coefficient (Wildman–Crippen LogP) is 2.57. The van der Waals surface area contributed by atoms with Crippen molar-refractivity contribution in [1.82, 2.24) is 5.32 Å². The zero-order valence-electron chi connectivity index (χ0n) is 15.9. The summed E-state index contributed by atoms with van der Waals surface area (Å²) >= 11 is 1.02. The van der Waals surface area contributed by atoms with Gasteiger partial charge in [0.25, 0.3) is 10.1 Å². The molecule has 1 unspecified atom stereocenters. The van der Waals surface area contributed by atoms with Crippen molar-refractivity contribution in [3.63, 3.8) is 0 Å². The van der Waals surface area contributed by atoms with E-state index >= 15 is 0 Å². The largest absolute Gasteiger partial charge is 0.444 e. The predicted molar refractivity (Wildman–Crippen MR) is 100 cm³/mol. The first-order chi connectivity index (χ1) is 11.9. The maximum absolute atomic E-state index is 12.0. The van der Waals surface area contributed by atoms with E-state index in [1.807, 2.05) is 0 Å². The third-order valence-electron chi connectivity index (χ3n) is 2.44. The van der Waals surface area contributed by atoms with Crippen LogP contribution in [0.5, 0.6) is 0 Å². The minimum Gasteiger partial charge on any atom is -0.444 e. The van der Waals surface area contributed by atoms with E-state index in [9.17, 15) is 17.8 Å². The Kier molecular flexibility index (Phi) is 11.2. The Balaban J connectivity index is 5.07. The molecular weight excluding hydrogens is 405 g/mol. The molecule has 0 heterocycles. The highest BCUT2D eigenvalue weighted by molar-refractivity contribution is 8.04. The lowest BCUT2D eigenvalue weighted by Crippen LogP contribution is -2.44. The molecule has 0 saturated heterocycles. The van der Waals surface area contributed by atoms with Crippen molar-refractivity contribution >= 4 is 36.4 Å². The molecule has 0 bridgehead atoms. The Morgan fingerprint density at radius 2 is 1.73 bits per heavy atom. The number of nitrogens with one attached hydrogen (secondary N) is 1. The van der Waals surface area contributed by atoms with Crippen molar-refractivity contribution in [1.29, 1.82) is 0 Å². The molecule has 0 fully saturated rings. The average molecular weight is 433 g/mol. The van der Waals surface area contributed by atoms with Gasteiger partial charge in [-0.2, -0.15) is 8.42 Å². The second kappa shape index (κ2) is 11.4.